The maximum atomic E-state index is 5.83. The van der Waals surface area contributed by atoms with Crippen LogP contribution in [0.2, 0.25) is 0 Å². The van der Waals surface area contributed by atoms with E-state index in [1.165, 1.54) is 12.8 Å². The lowest BCUT2D eigenvalue weighted by Crippen LogP contribution is -2.52. The molecule has 25 heavy (non-hydrogen) atoms. The van der Waals surface area contributed by atoms with Crippen molar-refractivity contribution in [2.75, 3.05) is 19.7 Å². The summed E-state index contributed by atoms with van der Waals surface area (Å²) < 4.78 is 5.83. The maximum Gasteiger partial charge on any atom is 0.0518 e. The predicted octanol–water partition coefficient (Wildman–Crippen LogP) is 5.34. The molecule has 0 aromatic rings. The van der Waals surface area contributed by atoms with Gasteiger partial charge in [-0.05, 0) is 72.6 Å². The third kappa shape index (κ3) is 12.0. The second kappa shape index (κ2) is 12.3. The van der Waals surface area contributed by atoms with E-state index < -0.39 is 0 Å². The van der Waals surface area contributed by atoms with Crippen LogP contribution in [0.3, 0.4) is 0 Å². The fourth-order valence-corrected chi connectivity index (χ4v) is 3.84. The van der Waals surface area contributed by atoms with Gasteiger partial charge >= 0.3 is 0 Å². The van der Waals surface area contributed by atoms with Crippen LogP contribution in [0.1, 0.15) is 88.5 Å². The highest BCUT2D eigenvalue weighted by Crippen LogP contribution is 2.25. The summed E-state index contributed by atoms with van der Waals surface area (Å²) in [4.78, 5) is 2.70. The van der Waals surface area contributed by atoms with Crippen LogP contribution in [-0.2, 0) is 4.74 Å². The molecule has 0 saturated heterocycles. The van der Waals surface area contributed by atoms with Crippen LogP contribution in [0.25, 0.3) is 0 Å². The molecule has 3 heteroatoms. The molecule has 0 aromatic heterocycles. The number of nitrogens with zero attached hydrogens (tertiary/aromatic N) is 1. The molecule has 0 heterocycles. The molecular weight excluding hydrogens is 308 g/mol. The van der Waals surface area contributed by atoms with Crippen LogP contribution >= 0.6 is 0 Å². The van der Waals surface area contributed by atoms with E-state index in [2.05, 4.69) is 79.5 Å². The van der Waals surface area contributed by atoms with Gasteiger partial charge in [0.2, 0.25) is 0 Å². The minimum absolute atomic E-state index is 0.159. The van der Waals surface area contributed by atoms with Gasteiger partial charge in [0.05, 0.1) is 6.10 Å². The third-order valence-electron chi connectivity index (χ3n) is 4.96. The molecule has 0 radical (unpaired) electrons. The number of hydrogen-bond acceptors (Lipinski definition) is 3. The highest BCUT2D eigenvalue weighted by Gasteiger charge is 2.30. The Morgan fingerprint density at radius 2 is 1.44 bits per heavy atom. The van der Waals surface area contributed by atoms with Crippen LogP contribution in [-0.4, -0.2) is 48.3 Å². The lowest BCUT2D eigenvalue weighted by molar-refractivity contribution is 0.0130. The molecular formula is C22H48N2O. The smallest absolute Gasteiger partial charge is 0.0518 e. The Labute approximate surface area is 159 Å². The zero-order valence-corrected chi connectivity index (χ0v) is 19.0. The Hall–Kier alpha value is -0.120. The topological polar surface area (TPSA) is 24.5 Å². The number of rotatable bonds is 14. The van der Waals surface area contributed by atoms with Crippen LogP contribution in [0.5, 0.6) is 0 Å². The first kappa shape index (κ1) is 24.9. The standard InChI is InChI=1S/C22H48N2O/c1-17(2)15-20(7)23-12-13-24(21(8)16-18(3)4)22(9,10)11-14-25-19(5)6/h17-21,23H,11-16H2,1-10H3. The Bertz CT molecular complexity index is 326. The third-order valence-corrected chi connectivity index (χ3v) is 4.96. The van der Waals surface area contributed by atoms with Crippen molar-refractivity contribution in [3.8, 4) is 0 Å². The molecule has 0 bridgehead atoms. The molecule has 2 atom stereocenters. The summed E-state index contributed by atoms with van der Waals surface area (Å²) in [6, 6.07) is 1.19. The van der Waals surface area contributed by atoms with E-state index in [9.17, 15) is 0 Å². The van der Waals surface area contributed by atoms with E-state index in [1.807, 2.05) is 0 Å². The summed E-state index contributed by atoms with van der Waals surface area (Å²) in [5, 5.41) is 3.73. The van der Waals surface area contributed by atoms with Gasteiger partial charge in [-0.2, -0.15) is 0 Å². The predicted molar refractivity (Wildman–Crippen MR) is 112 cm³/mol. The lowest BCUT2D eigenvalue weighted by atomic mass is 9.93. The van der Waals surface area contributed by atoms with E-state index in [4.69, 9.17) is 4.74 Å². The van der Waals surface area contributed by atoms with Gasteiger partial charge in [-0.15, -0.1) is 0 Å². The Balaban J connectivity index is 4.73. The minimum Gasteiger partial charge on any atom is -0.379 e. The molecule has 0 fully saturated rings. The molecule has 0 saturated carbocycles. The van der Waals surface area contributed by atoms with E-state index >= 15 is 0 Å². The molecule has 0 aliphatic heterocycles. The molecule has 3 nitrogen and oxygen atoms in total. The fraction of sp³-hybridized carbons (Fsp3) is 1.00. The zero-order chi connectivity index (χ0) is 19.6. The van der Waals surface area contributed by atoms with Crippen LogP contribution < -0.4 is 5.32 Å². The Morgan fingerprint density at radius 1 is 0.880 bits per heavy atom. The summed E-state index contributed by atoms with van der Waals surface area (Å²) in [6.45, 7) is 25.9. The summed E-state index contributed by atoms with van der Waals surface area (Å²) in [6.07, 6.45) is 3.88. The van der Waals surface area contributed by atoms with Gasteiger partial charge in [0.1, 0.15) is 0 Å². The first-order chi connectivity index (χ1) is 11.5. The van der Waals surface area contributed by atoms with Gasteiger partial charge in [0.25, 0.3) is 0 Å². The lowest BCUT2D eigenvalue weighted by Gasteiger charge is -2.44. The summed E-state index contributed by atoms with van der Waals surface area (Å²) >= 11 is 0. The molecule has 0 rings (SSSR count). The Morgan fingerprint density at radius 3 is 1.92 bits per heavy atom. The first-order valence-electron chi connectivity index (χ1n) is 10.6. The number of nitrogens with one attached hydrogen (secondary N) is 1. The van der Waals surface area contributed by atoms with Crippen molar-refractivity contribution >= 4 is 0 Å². The molecule has 0 aromatic carbocycles. The van der Waals surface area contributed by atoms with E-state index in [-0.39, 0.29) is 5.54 Å². The maximum absolute atomic E-state index is 5.83. The molecule has 152 valence electrons. The van der Waals surface area contributed by atoms with Gasteiger partial charge < -0.3 is 10.1 Å². The summed E-state index contributed by atoms with van der Waals surface area (Å²) in [7, 11) is 0. The van der Waals surface area contributed by atoms with E-state index in [0.29, 0.717) is 18.2 Å². The van der Waals surface area contributed by atoms with Crippen molar-refractivity contribution in [1.29, 1.82) is 0 Å². The van der Waals surface area contributed by atoms with Crippen LogP contribution in [0, 0.1) is 11.8 Å². The van der Waals surface area contributed by atoms with Crippen molar-refractivity contribution < 1.29 is 4.74 Å². The number of hydrogen-bond donors (Lipinski definition) is 1. The first-order valence-corrected chi connectivity index (χ1v) is 10.6. The average Bonchev–Trinajstić information content (AvgIpc) is 2.40. The monoisotopic (exact) mass is 356 g/mol. The van der Waals surface area contributed by atoms with Crippen LogP contribution in [0.4, 0.5) is 0 Å². The summed E-state index contributed by atoms with van der Waals surface area (Å²) in [5.74, 6) is 1.48. The molecule has 0 aliphatic rings. The second-order valence-corrected chi connectivity index (χ2v) is 9.64. The largest absolute Gasteiger partial charge is 0.379 e. The van der Waals surface area contributed by atoms with Crippen molar-refractivity contribution in [2.45, 2.75) is 112 Å². The highest BCUT2D eigenvalue weighted by atomic mass is 16.5. The normalized spacial score (nSPS) is 15.6. The zero-order valence-electron chi connectivity index (χ0n) is 19.0. The fourth-order valence-electron chi connectivity index (χ4n) is 3.84. The minimum atomic E-state index is 0.159. The van der Waals surface area contributed by atoms with Crippen molar-refractivity contribution in [3.05, 3.63) is 0 Å². The van der Waals surface area contributed by atoms with Gasteiger partial charge in [-0.3, -0.25) is 4.90 Å². The van der Waals surface area contributed by atoms with Crippen molar-refractivity contribution in [2.24, 2.45) is 11.8 Å². The Kier molecular flexibility index (Phi) is 12.2. The van der Waals surface area contributed by atoms with E-state index in [0.717, 1.165) is 38.0 Å². The molecule has 1 N–H and O–H groups in total. The van der Waals surface area contributed by atoms with Crippen molar-refractivity contribution in [1.82, 2.24) is 10.2 Å². The molecule has 0 aliphatic carbocycles. The molecule has 2 unspecified atom stereocenters. The quantitative estimate of drug-likeness (QED) is 0.454. The summed E-state index contributed by atoms with van der Waals surface area (Å²) in [5.41, 5.74) is 0.159. The second-order valence-electron chi connectivity index (χ2n) is 9.64. The van der Waals surface area contributed by atoms with Gasteiger partial charge in [-0.25, -0.2) is 0 Å². The molecule has 0 spiro atoms. The van der Waals surface area contributed by atoms with Gasteiger partial charge in [0.15, 0.2) is 0 Å². The van der Waals surface area contributed by atoms with Gasteiger partial charge in [0, 0.05) is 37.3 Å². The average molecular weight is 357 g/mol. The van der Waals surface area contributed by atoms with E-state index in [1.54, 1.807) is 0 Å². The molecule has 0 amide bonds. The van der Waals surface area contributed by atoms with Gasteiger partial charge in [-0.1, -0.05) is 27.7 Å². The van der Waals surface area contributed by atoms with Crippen molar-refractivity contribution in [3.63, 3.8) is 0 Å². The SMILES string of the molecule is CC(C)CC(C)NCCN(C(C)CC(C)C)C(C)(C)CCOC(C)C. The number of ether oxygens (including phenoxy) is 1. The highest BCUT2D eigenvalue weighted by molar-refractivity contribution is 4.86. The van der Waals surface area contributed by atoms with Crippen LogP contribution in [0.15, 0.2) is 0 Å².